The third kappa shape index (κ3) is 4.29. The minimum atomic E-state index is 0.499. The van der Waals surface area contributed by atoms with E-state index in [0.717, 1.165) is 18.2 Å². The van der Waals surface area contributed by atoms with Crippen molar-refractivity contribution in [2.24, 2.45) is 0 Å². The van der Waals surface area contributed by atoms with Crippen molar-refractivity contribution < 1.29 is 0 Å². The van der Waals surface area contributed by atoms with Crippen molar-refractivity contribution in [3.63, 3.8) is 0 Å². The van der Waals surface area contributed by atoms with E-state index in [0.29, 0.717) is 6.04 Å². The summed E-state index contributed by atoms with van der Waals surface area (Å²) < 4.78 is 0. The molecule has 0 aromatic carbocycles. The van der Waals surface area contributed by atoms with E-state index < -0.39 is 0 Å². The van der Waals surface area contributed by atoms with Crippen LogP contribution in [0.15, 0.2) is 30.7 Å². The van der Waals surface area contributed by atoms with Crippen molar-refractivity contribution >= 4 is 16.5 Å². The highest BCUT2D eigenvalue weighted by molar-refractivity contribution is 7.15. The van der Waals surface area contributed by atoms with Crippen LogP contribution in [0.25, 0.3) is 0 Å². The van der Waals surface area contributed by atoms with Crippen LogP contribution in [0.3, 0.4) is 0 Å². The largest absolute Gasteiger partial charge is 0.347 e. The van der Waals surface area contributed by atoms with Crippen LogP contribution in [-0.2, 0) is 13.1 Å². The number of nitrogens with zero attached hydrogens (tertiary/aromatic N) is 3. The van der Waals surface area contributed by atoms with Gasteiger partial charge in [-0.15, -0.1) is 11.3 Å². The number of aromatic nitrogens is 2. The van der Waals surface area contributed by atoms with Gasteiger partial charge in [-0.05, 0) is 11.6 Å². The second-order valence-electron chi connectivity index (χ2n) is 4.86. The first-order valence-corrected chi connectivity index (χ1v) is 7.25. The lowest BCUT2D eigenvalue weighted by Gasteiger charge is -2.15. The standard InChI is InChI=1S/C14H20N4S/c1-11(2)16-8-13-9-17-14(19-13)18(3)10-12-5-4-6-15-7-12/h4-7,9,11,16H,8,10H2,1-3H3. The second kappa shape index (κ2) is 6.63. The van der Waals surface area contributed by atoms with Gasteiger partial charge in [0.25, 0.3) is 0 Å². The van der Waals surface area contributed by atoms with Crippen LogP contribution in [0, 0.1) is 0 Å². The number of nitrogens with one attached hydrogen (secondary N) is 1. The molecule has 0 unspecified atom stereocenters. The van der Waals surface area contributed by atoms with Crippen LogP contribution >= 0.6 is 11.3 Å². The Kier molecular flexibility index (Phi) is 4.87. The lowest BCUT2D eigenvalue weighted by Crippen LogP contribution is -2.21. The van der Waals surface area contributed by atoms with Gasteiger partial charge in [0.15, 0.2) is 5.13 Å². The van der Waals surface area contributed by atoms with Gasteiger partial charge < -0.3 is 10.2 Å². The maximum absolute atomic E-state index is 4.47. The smallest absolute Gasteiger partial charge is 0.185 e. The molecule has 0 aliphatic heterocycles. The lowest BCUT2D eigenvalue weighted by atomic mass is 10.3. The fourth-order valence-electron chi connectivity index (χ4n) is 1.69. The Balaban J connectivity index is 1.94. The molecule has 0 saturated heterocycles. The predicted octanol–water partition coefficient (Wildman–Crippen LogP) is 2.67. The Morgan fingerprint density at radius 2 is 2.21 bits per heavy atom. The van der Waals surface area contributed by atoms with Crippen LogP contribution < -0.4 is 10.2 Å². The predicted molar refractivity (Wildman–Crippen MR) is 80.4 cm³/mol. The number of hydrogen-bond donors (Lipinski definition) is 1. The third-order valence-corrected chi connectivity index (χ3v) is 3.81. The van der Waals surface area contributed by atoms with Gasteiger partial charge in [-0.1, -0.05) is 19.9 Å². The highest BCUT2D eigenvalue weighted by atomic mass is 32.1. The third-order valence-electron chi connectivity index (χ3n) is 2.69. The Bertz CT molecular complexity index is 495. The molecule has 2 aromatic heterocycles. The van der Waals surface area contributed by atoms with E-state index in [2.05, 4.69) is 47.1 Å². The number of anilines is 1. The van der Waals surface area contributed by atoms with Crippen LogP contribution in [-0.4, -0.2) is 23.1 Å². The zero-order valence-electron chi connectivity index (χ0n) is 11.6. The molecule has 0 fully saturated rings. The molecule has 0 aliphatic rings. The van der Waals surface area contributed by atoms with E-state index in [1.807, 2.05) is 18.5 Å². The summed E-state index contributed by atoms with van der Waals surface area (Å²) in [5.41, 5.74) is 1.20. The monoisotopic (exact) mass is 276 g/mol. The van der Waals surface area contributed by atoms with Gasteiger partial charge in [-0.2, -0.15) is 0 Å². The van der Waals surface area contributed by atoms with E-state index in [1.165, 1.54) is 10.4 Å². The van der Waals surface area contributed by atoms with Crippen LogP contribution in [0.5, 0.6) is 0 Å². The van der Waals surface area contributed by atoms with Crippen LogP contribution in [0.4, 0.5) is 5.13 Å². The van der Waals surface area contributed by atoms with Gasteiger partial charge in [0.2, 0.25) is 0 Å². The van der Waals surface area contributed by atoms with Crippen LogP contribution in [0.1, 0.15) is 24.3 Å². The molecule has 0 bridgehead atoms. The molecule has 4 nitrogen and oxygen atoms in total. The van der Waals surface area contributed by atoms with Crippen LogP contribution in [0.2, 0.25) is 0 Å². The molecule has 0 saturated carbocycles. The molecule has 0 amide bonds. The number of rotatable bonds is 6. The Labute approximate surface area is 118 Å². The number of hydrogen-bond acceptors (Lipinski definition) is 5. The van der Waals surface area contributed by atoms with Crippen molar-refractivity contribution in [1.29, 1.82) is 0 Å². The topological polar surface area (TPSA) is 41.1 Å². The quantitative estimate of drug-likeness (QED) is 0.880. The second-order valence-corrected chi connectivity index (χ2v) is 5.96. The average Bonchev–Trinajstić information content (AvgIpc) is 2.86. The van der Waals surface area contributed by atoms with Crippen molar-refractivity contribution in [1.82, 2.24) is 15.3 Å². The van der Waals surface area contributed by atoms with E-state index >= 15 is 0 Å². The summed E-state index contributed by atoms with van der Waals surface area (Å²) in [6, 6.07) is 4.54. The zero-order chi connectivity index (χ0) is 13.7. The van der Waals surface area contributed by atoms with E-state index in [1.54, 1.807) is 17.5 Å². The Morgan fingerprint density at radius 3 is 2.89 bits per heavy atom. The molecule has 0 aliphatic carbocycles. The van der Waals surface area contributed by atoms with Crippen molar-refractivity contribution in [2.45, 2.75) is 33.0 Å². The van der Waals surface area contributed by atoms with Gasteiger partial charge in [0, 0.05) is 49.6 Å². The van der Waals surface area contributed by atoms with Crippen molar-refractivity contribution in [2.75, 3.05) is 11.9 Å². The maximum atomic E-state index is 4.47. The molecule has 19 heavy (non-hydrogen) atoms. The normalized spacial score (nSPS) is 10.9. The highest BCUT2D eigenvalue weighted by Crippen LogP contribution is 2.22. The summed E-state index contributed by atoms with van der Waals surface area (Å²) in [5.74, 6) is 0. The summed E-state index contributed by atoms with van der Waals surface area (Å²) in [4.78, 5) is 12.0. The average molecular weight is 276 g/mol. The molecule has 2 rings (SSSR count). The van der Waals surface area contributed by atoms with Gasteiger partial charge in [-0.25, -0.2) is 4.98 Å². The summed E-state index contributed by atoms with van der Waals surface area (Å²) in [6.45, 7) is 6.02. The minimum Gasteiger partial charge on any atom is -0.347 e. The number of thiazole rings is 1. The summed E-state index contributed by atoms with van der Waals surface area (Å²) in [6.07, 6.45) is 5.64. The minimum absolute atomic E-state index is 0.499. The van der Waals surface area contributed by atoms with E-state index in [9.17, 15) is 0 Å². The molecule has 2 heterocycles. The van der Waals surface area contributed by atoms with Gasteiger partial charge in [-0.3, -0.25) is 4.98 Å². The van der Waals surface area contributed by atoms with E-state index in [-0.39, 0.29) is 0 Å². The Morgan fingerprint density at radius 1 is 1.37 bits per heavy atom. The molecule has 1 N–H and O–H groups in total. The molecular formula is C14H20N4S. The molecule has 0 atom stereocenters. The highest BCUT2D eigenvalue weighted by Gasteiger charge is 2.08. The fourth-order valence-corrected chi connectivity index (χ4v) is 2.51. The summed E-state index contributed by atoms with van der Waals surface area (Å²) in [7, 11) is 2.06. The SMILES string of the molecule is CC(C)NCc1cnc(N(C)Cc2cccnc2)s1. The molecule has 0 spiro atoms. The maximum Gasteiger partial charge on any atom is 0.185 e. The zero-order valence-corrected chi connectivity index (χ0v) is 12.4. The van der Waals surface area contributed by atoms with Gasteiger partial charge in [0.05, 0.1) is 0 Å². The number of pyridine rings is 1. The first-order chi connectivity index (χ1) is 9.15. The molecule has 102 valence electrons. The molecule has 0 radical (unpaired) electrons. The van der Waals surface area contributed by atoms with Gasteiger partial charge in [0.1, 0.15) is 0 Å². The Hall–Kier alpha value is -1.46. The van der Waals surface area contributed by atoms with Gasteiger partial charge >= 0.3 is 0 Å². The summed E-state index contributed by atoms with van der Waals surface area (Å²) in [5, 5.41) is 4.45. The van der Waals surface area contributed by atoms with E-state index in [4.69, 9.17) is 0 Å². The first-order valence-electron chi connectivity index (χ1n) is 6.43. The molecular weight excluding hydrogens is 256 g/mol. The lowest BCUT2D eigenvalue weighted by molar-refractivity contribution is 0.593. The van der Waals surface area contributed by atoms with Crippen molar-refractivity contribution in [3.8, 4) is 0 Å². The molecule has 5 heteroatoms. The molecule has 2 aromatic rings. The fraction of sp³-hybridized carbons (Fsp3) is 0.429. The first kappa shape index (κ1) is 14.0. The van der Waals surface area contributed by atoms with Crippen molar-refractivity contribution in [3.05, 3.63) is 41.2 Å². The summed E-state index contributed by atoms with van der Waals surface area (Å²) >= 11 is 1.73.